The van der Waals surface area contributed by atoms with E-state index in [2.05, 4.69) is 18.1 Å². The summed E-state index contributed by atoms with van der Waals surface area (Å²) >= 11 is 1.93. The van der Waals surface area contributed by atoms with Crippen molar-refractivity contribution in [2.75, 3.05) is 25.2 Å². The maximum Gasteiger partial charge on any atom is 0.0603 e. The van der Waals surface area contributed by atoms with E-state index in [9.17, 15) is 0 Å². The molecule has 1 saturated carbocycles. The van der Waals surface area contributed by atoms with E-state index in [4.69, 9.17) is 4.74 Å². The van der Waals surface area contributed by atoms with Crippen molar-refractivity contribution in [3.05, 3.63) is 0 Å². The number of piperidine rings is 1. The molecule has 0 aromatic heterocycles. The maximum absolute atomic E-state index is 6.20. The normalized spacial score (nSPS) is 31.4. The Bertz CT molecular complexity index is 210. The van der Waals surface area contributed by atoms with Crippen LogP contribution in [0.2, 0.25) is 0 Å². The van der Waals surface area contributed by atoms with Crippen molar-refractivity contribution in [2.45, 2.75) is 57.7 Å². The molecule has 1 heterocycles. The van der Waals surface area contributed by atoms with Crippen molar-refractivity contribution < 1.29 is 4.74 Å². The highest BCUT2D eigenvalue weighted by molar-refractivity contribution is 7.98. The molecule has 1 saturated heterocycles. The largest absolute Gasteiger partial charge is 0.375 e. The summed E-state index contributed by atoms with van der Waals surface area (Å²) in [6, 6.07) is 0. The average Bonchev–Trinajstić information content (AvgIpc) is 2.29. The Kier molecular flexibility index (Phi) is 5.64. The van der Waals surface area contributed by atoms with Gasteiger partial charge in [-0.25, -0.2) is 0 Å². The molecule has 0 aromatic carbocycles. The fourth-order valence-corrected chi connectivity index (χ4v) is 3.68. The van der Waals surface area contributed by atoms with Crippen LogP contribution in [0.5, 0.6) is 0 Å². The first-order valence-electron chi connectivity index (χ1n) is 7.18. The summed E-state index contributed by atoms with van der Waals surface area (Å²) in [6.45, 7) is 4.75. The Labute approximate surface area is 110 Å². The molecule has 0 radical (unpaired) electrons. The van der Waals surface area contributed by atoms with Crippen molar-refractivity contribution >= 4 is 11.8 Å². The summed E-state index contributed by atoms with van der Waals surface area (Å²) in [7, 11) is 0. The van der Waals surface area contributed by atoms with Crippen molar-refractivity contribution in [3.63, 3.8) is 0 Å². The summed E-state index contributed by atoms with van der Waals surface area (Å²) in [4.78, 5) is 2.55. The van der Waals surface area contributed by atoms with Crippen LogP contribution in [0.25, 0.3) is 0 Å². The predicted octanol–water partition coefficient (Wildman–Crippen LogP) is 3.37. The van der Waals surface area contributed by atoms with Crippen LogP contribution in [0.3, 0.4) is 0 Å². The van der Waals surface area contributed by atoms with E-state index in [-0.39, 0.29) is 0 Å². The highest BCUT2D eigenvalue weighted by Crippen LogP contribution is 2.35. The van der Waals surface area contributed by atoms with Gasteiger partial charge in [-0.2, -0.15) is 0 Å². The zero-order valence-electron chi connectivity index (χ0n) is 11.4. The molecule has 0 N–H and O–H groups in total. The summed E-state index contributed by atoms with van der Waals surface area (Å²) in [5.41, 5.74) is 0. The van der Waals surface area contributed by atoms with E-state index >= 15 is 0 Å². The number of hydrogen-bond donors (Lipinski definition) is 0. The lowest BCUT2D eigenvalue weighted by Crippen LogP contribution is -2.41. The fraction of sp³-hybridized carbons (Fsp3) is 1.00. The highest BCUT2D eigenvalue weighted by Gasteiger charge is 2.32. The molecule has 0 bridgehead atoms. The Morgan fingerprint density at radius 2 is 1.88 bits per heavy atom. The SMILES string of the molecule is CCCC1CC(OC2CCN(CSC)CC2)C1. The molecule has 0 amide bonds. The quantitative estimate of drug-likeness (QED) is 0.724. The number of rotatable bonds is 6. The van der Waals surface area contributed by atoms with Crippen LogP contribution in [0.1, 0.15) is 45.4 Å². The molecule has 0 spiro atoms. The molecule has 2 aliphatic rings. The summed E-state index contributed by atoms with van der Waals surface area (Å²) < 4.78 is 6.20. The third-order valence-corrected chi connectivity index (χ3v) is 4.74. The zero-order valence-corrected chi connectivity index (χ0v) is 12.2. The molecule has 2 nitrogen and oxygen atoms in total. The van der Waals surface area contributed by atoms with Crippen LogP contribution in [-0.2, 0) is 4.74 Å². The minimum Gasteiger partial charge on any atom is -0.375 e. The van der Waals surface area contributed by atoms with Gasteiger partial charge in [0.2, 0.25) is 0 Å². The third kappa shape index (κ3) is 4.15. The molecule has 0 atom stereocenters. The van der Waals surface area contributed by atoms with Gasteiger partial charge < -0.3 is 4.74 Å². The lowest BCUT2D eigenvalue weighted by Gasteiger charge is -2.40. The smallest absolute Gasteiger partial charge is 0.0603 e. The lowest BCUT2D eigenvalue weighted by molar-refractivity contribution is -0.0936. The minimum atomic E-state index is 0.556. The number of thioether (sulfide) groups is 1. The Morgan fingerprint density at radius 1 is 1.18 bits per heavy atom. The molecule has 0 unspecified atom stereocenters. The molecule has 17 heavy (non-hydrogen) atoms. The number of ether oxygens (including phenoxy) is 1. The lowest BCUT2D eigenvalue weighted by atomic mass is 9.79. The van der Waals surface area contributed by atoms with Crippen LogP contribution in [0.15, 0.2) is 0 Å². The van der Waals surface area contributed by atoms with Crippen molar-refractivity contribution in [2.24, 2.45) is 5.92 Å². The van der Waals surface area contributed by atoms with E-state index < -0.39 is 0 Å². The highest BCUT2D eigenvalue weighted by atomic mass is 32.2. The molecule has 1 aliphatic heterocycles. The second-order valence-corrected chi connectivity index (χ2v) is 6.45. The molecule has 2 rings (SSSR count). The second kappa shape index (κ2) is 7.01. The van der Waals surface area contributed by atoms with Crippen molar-refractivity contribution in [1.29, 1.82) is 0 Å². The number of nitrogens with zero attached hydrogens (tertiary/aromatic N) is 1. The van der Waals surface area contributed by atoms with Gasteiger partial charge in [-0.05, 0) is 37.9 Å². The average molecular weight is 257 g/mol. The molecule has 100 valence electrons. The van der Waals surface area contributed by atoms with Gasteiger partial charge in [0.25, 0.3) is 0 Å². The Balaban J connectivity index is 1.57. The molecule has 1 aliphatic carbocycles. The molecule has 0 aromatic rings. The van der Waals surface area contributed by atoms with E-state index in [0.29, 0.717) is 12.2 Å². The molecular formula is C14H27NOS. The Hall–Kier alpha value is 0.270. The molecule has 2 fully saturated rings. The van der Waals surface area contributed by atoms with Gasteiger partial charge >= 0.3 is 0 Å². The monoisotopic (exact) mass is 257 g/mol. The van der Waals surface area contributed by atoms with Crippen molar-refractivity contribution in [3.8, 4) is 0 Å². The van der Waals surface area contributed by atoms with E-state index in [1.54, 1.807) is 0 Å². The van der Waals surface area contributed by atoms with Crippen LogP contribution in [0.4, 0.5) is 0 Å². The van der Waals surface area contributed by atoms with Gasteiger partial charge in [0.15, 0.2) is 0 Å². The molecule has 3 heteroatoms. The summed E-state index contributed by atoms with van der Waals surface area (Å²) in [5.74, 6) is 2.16. The minimum absolute atomic E-state index is 0.556. The first kappa shape index (κ1) is 13.7. The van der Waals surface area contributed by atoms with E-state index in [0.717, 1.165) is 5.92 Å². The first-order chi connectivity index (χ1) is 8.31. The number of hydrogen-bond acceptors (Lipinski definition) is 3. The standard InChI is InChI=1S/C14H27NOS/c1-3-4-12-9-14(10-12)16-13-5-7-15(8-6-13)11-17-2/h12-14H,3-11H2,1-2H3. The zero-order chi connectivity index (χ0) is 12.1. The fourth-order valence-electron chi connectivity index (χ4n) is 3.06. The van der Waals surface area contributed by atoms with E-state index in [1.165, 1.54) is 57.5 Å². The first-order valence-corrected chi connectivity index (χ1v) is 8.58. The van der Waals surface area contributed by atoms with Crippen molar-refractivity contribution in [1.82, 2.24) is 4.90 Å². The van der Waals surface area contributed by atoms with Crippen LogP contribution in [-0.4, -0.2) is 42.3 Å². The third-order valence-electron chi connectivity index (χ3n) is 4.12. The van der Waals surface area contributed by atoms with Gasteiger partial charge in [0, 0.05) is 19.0 Å². The topological polar surface area (TPSA) is 12.5 Å². The summed E-state index contributed by atoms with van der Waals surface area (Å²) in [5, 5.41) is 0. The van der Waals surface area contributed by atoms with Gasteiger partial charge in [-0.15, -0.1) is 11.8 Å². The molecular weight excluding hydrogens is 230 g/mol. The van der Waals surface area contributed by atoms with Crippen LogP contribution >= 0.6 is 11.8 Å². The van der Waals surface area contributed by atoms with Gasteiger partial charge in [-0.3, -0.25) is 4.90 Å². The van der Waals surface area contributed by atoms with Crippen LogP contribution in [0, 0.1) is 5.92 Å². The Morgan fingerprint density at radius 3 is 2.47 bits per heavy atom. The van der Waals surface area contributed by atoms with Gasteiger partial charge in [-0.1, -0.05) is 19.8 Å². The van der Waals surface area contributed by atoms with Crippen LogP contribution < -0.4 is 0 Å². The second-order valence-electron chi connectivity index (χ2n) is 5.62. The van der Waals surface area contributed by atoms with Gasteiger partial charge in [0.05, 0.1) is 12.2 Å². The number of likely N-dealkylation sites (tertiary alicyclic amines) is 1. The summed E-state index contributed by atoms with van der Waals surface area (Å²) in [6.07, 6.45) is 11.2. The predicted molar refractivity (Wildman–Crippen MR) is 75.5 cm³/mol. The van der Waals surface area contributed by atoms with Gasteiger partial charge in [0.1, 0.15) is 0 Å². The van der Waals surface area contributed by atoms with E-state index in [1.807, 2.05) is 11.8 Å². The maximum atomic E-state index is 6.20.